The van der Waals surface area contributed by atoms with Crippen LogP contribution in [0.3, 0.4) is 0 Å². The monoisotopic (exact) mass is 249 g/mol. The Labute approximate surface area is 107 Å². The number of anilines is 1. The van der Waals surface area contributed by atoms with Crippen LogP contribution in [0.2, 0.25) is 0 Å². The molecule has 0 bridgehead atoms. The van der Waals surface area contributed by atoms with Crippen LogP contribution in [-0.2, 0) is 9.47 Å². The van der Waals surface area contributed by atoms with Crippen molar-refractivity contribution in [2.45, 2.75) is 25.5 Å². The molecule has 5 heteroatoms. The maximum atomic E-state index is 5.76. The quantitative estimate of drug-likeness (QED) is 0.870. The number of fused-ring (bicyclic) bond motifs is 1. The number of nitrogens with zero attached hydrogens (tertiary/aromatic N) is 2. The highest BCUT2D eigenvalue weighted by atomic mass is 16.5. The van der Waals surface area contributed by atoms with E-state index in [9.17, 15) is 0 Å². The number of rotatable bonds is 4. The summed E-state index contributed by atoms with van der Waals surface area (Å²) in [5.41, 5.74) is 0. The highest BCUT2D eigenvalue weighted by Gasteiger charge is 2.53. The Morgan fingerprint density at radius 1 is 1.56 bits per heavy atom. The van der Waals surface area contributed by atoms with E-state index >= 15 is 0 Å². The van der Waals surface area contributed by atoms with Gasteiger partial charge >= 0.3 is 0 Å². The molecule has 0 unspecified atom stereocenters. The molecule has 1 aromatic heterocycles. The lowest BCUT2D eigenvalue weighted by atomic mass is 9.67. The molecule has 1 N–H and O–H groups in total. The van der Waals surface area contributed by atoms with Crippen molar-refractivity contribution < 1.29 is 9.47 Å². The molecule has 0 spiro atoms. The van der Waals surface area contributed by atoms with Crippen LogP contribution in [-0.4, -0.2) is 42.4 Å². The summed E-state index contributed by atoms with van der Waals surface area (Å²) in [7, 11) is 1.74. The van der Waals surface area contributed by atoms with Gasteiger partial charge in [0.05, 0.1) is 12.7 Å². The maximum absolute atomic E-state index is 5.76. The standard InChI is InChI=1S/C13H19N3O2/c1-8-14-5-3-11(15-8)16-12-9-4-6-18-13(9)10(12)7-17-2/h3,5,9-10,12-13H,4,6-7H2,1-2H3,(H,14,15,16)/t9-,10+,12-,13-/m0/s1. The Morgan fingerprint density at radius 2 is 2.44 bits per heavy atom. The van der Waals surface area contributed by atoms with Crippen LogP contribution in [0, 0.1) is 18.8 Å². The number of aryl methyl sites for hydroxylation is 1. The van der Waals surface area contributed by atoms with E-state index in [0.717, 1.165) is 31.3 Å². The molecule has 4 atom stereocenters. The number of methoxy groups -OCH3 is 1. The van der Waals surface area contributed by atoms with Gasteiger partial charge in [0.2, 0.25) is 0 Å². The molecule has 1 aliphatic heterocycles. The Hall–Kier alpha value is -1.20. The van der Waals surface area contributed by atoms with E-state index in [1.54, 1.807) is 13.3 Å². The minimum absolute atomic E-state index is 0.366. The summed E-state index contributed by atoms with van der Waals surface area (Å²) in [5.74, 6) is 2.72. The fourth-order valence-electron chi connectivity index (χ4n) is 3.14. The molecule has 3 rings (SSSR count). The first kappa shape index (κ1) is 11.9. The van der Waals surface area contributed by atoms with Gasteiger partial charge in [-0.25, -0.2) is 9.97 Å². The SMILES string of the molecule is COC[C@@H]1[C@@H](Nc2ccnc(C)n2)[C@@H]2CCO[C@H]12. The molecule has 1 saturated heterocycles. The zero-order valence-corrected chi connectivity index (χ0v) is 10.8. The van der Waals surface area contributed by atoms with Crippen molar-refractivity contribution in [2.24, 2.45) is 11.8 Å². The summed E-state index contributed by atoms with van der Waals surface area (Å²) in [4.78, 5) is 8.51. The molecule has 0 radical (unpaired) electrons. The van der Waals surface area contributed by atoms with Crippen molar-refractivity contribution in [3.63, 3.8) is 0 Å². The first-order chi connectivity index (χ1) is 8.79. The fourth-order valence-corrected chi connectivity index (χ4v) is 3.14. The van der Waals surface area contributed by atoms with Crippen molar-refractivity contribution in [1.29, 1.82) is 0 Å². The molecule has 18 heavy (non-hydrogen) atoms. The van der Waals surface area contributed by atoms with Crippen LogP contribution in [0.15, 0.2) is 12.3 Å². The van der Waals surface area contributed by atoms with Gasteiger partial charge < -0.3 is 14.8 Å². The third kappa shape index (κ3) is 1.97. The summed E-state index contributed by atoms with van der Waals surface area (Å²) in [6.45, 7) is 3.51. The van der Waals surface area contributed by atoms with E-state index < -0.39 is 0 Å². The van der Waals surface area contributed by atoms with Gasteiger partial charge in [0.25, 0.3) is 0 Å². The van der Waals surface area contributed by atoms with Gasteiger partial charge in [-0.15, -0.1) is 0 Å². The number of aromatic nitrogens is 2. The lowest BCUT2D eigenvalue weighted by Crippen LogP contribution is -2.58. The molecular weight excluding hydrogens is 230 g/mol. The highest BCUT2D eigenvalue weighted by Crippen LogP contribution is 2.44. The van der Waals surface area contributed by atoms with E-state index in [0.29, 0.717) is 24.0 Å². The Bertz CT molecular complexity index is 426. The van der Waals surface area contributed by atoms with Gasteiger partial charge in [0, 0.05) is 37.8 Å². The number of hydrogen-bond acceptors (Lipinski definition) is 5. The van der Waals surface area contributed by atoms with E-state index in [-0.39, 0.29) is 0 Å². The average molecular weight is 249 g/mol. The lowest BCUT2D eigenvalue weighted by molar-refractivity contribution is -0.0667. The summed E-state index contributed by atoms with van der Waals surface area (Å²) in [5, 5.41) is 3.51. The zero-order chi connectivity index (χ0) is 12.5. The third-order valence-corrected chi connectivity index (χ3v) is 3.98. The zero-order valence-electron chi connectivity index (χ0n) is 10.8. The second-order valence-corrected chi connectivity index (χ2v) is 5.07. The van der Waals surface area contributed by atoms with Gasteiger partial charge in [0.15, 0.2) is 0 Å². The Balaban J connectivity index is 1.71. The first-order valence-electron chi connectivity index (χ1n) is 6.46. The minimum Gasteiger partial charge on any atom is -0.384 e. The van der Waals surface area contributed by atoms with Crippen molar-refractivity contribution in [1.82, 2.24) is 9.97 Å². The van der Waals surface area contributed by atoms with Gasteiger partial charge in [-0.05, 0) is 19.4 Å². The highest BCUT2D eigenvalue weighted by molar-refractivity contribution is 5.36. The van der Waals surface area contributed by atoms with Crippen LogP contribution in [0.1, 0.15) is 12.2 Å². The van der Waals surface area contributed by atoms with Crippen molar-refractivity contribution in [3.8, 4) is 0 Å². The molecule has 1 aliphatic carbocycles. The second-order valence-electron chi connectivity index (χ2n) is 5.07. The van der Waals surface area contributed by atoms with Gasteiger partial charge in [-0.2, -0.15) is 0 Å². The molecule has 0 amide bonds. The van der Waals surface area contributed by atoms with Crippen LogP contribution < -0.4 is 5.32 Å². The second kappa shape index (κ2) is 4.82. The molecule has 2 aliphatic rings. The summed E-state index contributed by atoms with van der Waals surface area (Å²) >= 11 is 0. The third-order valence-electron chi connectivity index (χ3n) is 3.98. The predicted molar refractivity (Wildman–Crippen MR) is 67.4 cm³/mol. The molecule has 2 heterocycles. The number of hydrogen-bond donors (Lipinski definition) is 1. The van der Waals surface area contributed by atoms with Gasteiger partial charge in [0.1, 0.15) is 11.6 Å². The molecular formula is C13H19N3O2. The Kier molecular flexibility index (Phi) is 3.18. The van der Waals surface area contributed by atoms with E-state index in [1.165, 1.54) is 0 Å². The molecule has 1 aromatic rings. The largest absolute Gasteiger partial charge is 0.384 e. The number of nitrogens with one attached hydrogen (secondary N) is 1. The normalized spacial score (nSPS) is 33.9. The van der Waals surface area contributed by atoms with Crippen LogP contribution in [0.25, 0.3) is 0 Å². The lowest BCUT2D eigenvalue weighted by Gasteiger charge is -2.47. The smallest absolute Gasteiger partial charge is 0.129 e. The van der Waals surface area contributed by atoms with Gasteiger partial charge in [-0.3, -0.25) is 0 Å². The van der Waals surface area contributed by atoms with Gasteiger partial charge in [-0.1, -0.05) is 0 Å². The van der Waals surface area contributed by atoms with Crippen molar-refractivity contribution >= 4 is 5.82 Å². The molecule has 1 saturated carbocycles. The molecule has 0 aromatic carbocycles. The van der Waals surface area contributed by atoms with Crippen molar-refractivity contribution in [3.05, 3.63) is 18.1 Å². The molecule has 5 nitrogen and oxygen atoms in total. The molecule has 98 valence electrons. The van der Waals surface area contributed by atoms with Crippen molar-refractivity contribution in [2.75, 3.05) is 25.6 Å². The summed E-state index contributed by atoms with van der Waals surface area (Å²) in [6, 6.07) is 2.33. The van der Waals surface area contributed by atoms with Crippen LogP contribution in [0.4, 0.5) is 5.82 Å². The topological polar surface area (TPSA) is 56.3 Å². The van der Waals surface area contributed by atoms with E-state index in [2.05, 4.69) is 15.3 Å². The first-order valence-corrected chi connectivity index (χ1v) is 6.46. The average Bonchev–Trinajstić information content (AvgIpc) is 2.78. The summed E-state index contributed by atoms with van der Waals surface area (Å²) < 4.78 is 11.0. The minimum atomic E-state index is 0.366. The van der Waals surface area contributed by atoms with Crippen LogP contribution in [0.5, 0.6) is 0 Å². The Morgan fingerprint density at radius 3 is 3.22 bits per heavy atom. The predicted octanol–water partition coefficient (Wildman–Crippen LogP) is 1.25. The summed E-state index contributed by atoms with van der Waals surface area (Å²) in [6.07, 6.45) is 3.29. The van der Waals surface area contributed by atoms with E-state index in [4.69, 9.17) is 9.47 Å². The maximum Gasteiger partial charge on any atom is 0.129 e. The fraction of sp³-hybridized carbons (Fsp3) is 0.692. The van der Waals surface area contributed by atoms with Crippen LogP contribution >= 0.6 is 0 Å². The number of ether oxygens (including phenoxy) is 2. The molecule has 2 fully saturated rings. The van der Waals surface area contributed by atoms with E-state index in [1.807, 2.05) is 13.0 Å².